The van der Waals surface area contributed by atoms with Crippen molar-refractivity contribution in [2.45, 2.75) is 52.6 Å². The number of rotatable bonds is 5. The van der Waals surface area contributed by atoms with Crippen molar-refractivity contribution in [1.29, 1.82) is 0 Å². The molecule has 5 nitrogen and oxygen atoms in total. The molecular formula is C22H28FN5. The van der Waals surface area contributed by atoms with Crippen molar-refractivity contribution in [2.75, 3.05) is 13.1 Å². The Morgan fingerprint density at radius 2 is 1.79 bits per heavy atom. The zero-order chi connectivity index (χ0) is 19.7. The van der Waals surface area contributed by atoms with Crippen LogP contribution < -0.4 is 0 Å². The van der Waals surface area contributed by atoms with Gasteiger partial charge in [0, 0.05) is 18.2 Å². The number of halogens is 1. The summed E-state index contributed by atoms with van der Waals surface area (Å²) in [5.74, 6) is -0.240. The maximum absolute atomic E-state index is 13.3. The molecule has 1 fully saturated rings. The predicted molar refractivity (Wildman–Crippen MR) is 109 cm³/mol. The summed E-state index contributed by atoms with van der Waals surface area (Å²) in [6, 6.07) is 6.93. The summed E-state index contributed by atoms with van der Waals surface area (Å²) < 4.78 is 17.4. The standard InChI is InChI=1S/C22H28FN5/c1-16(26-11-5-4-6-12-26)14-27-15-24-13-21(27)22-17(2)25-28(18(22)3)20-9-7-19(23)8-10-20/h7-10,13,15-16H,4-6,11-12,14H2,1-3H3. The molecule has 1 atom stereocenters. The maximum atomic E-state index is 13.3. The van der Waals surface area contributed by atoms with Gasteiger partial charge in [0.1, 0.15) is 5.82 Å². The third-order valence-electron chi connectivity index (χ3n) is 5.81. The minimum absolute atomic E-state index is 0.240. The lowest BCUT2D eigenvalue weighted by Crippen LogP contribution is -2.39. The molecule has 0 bridgehead atoms. The highest BCUT2D eigenvalue weighted by molar-refractivity contribution is 5.66. The number of hydrogen-bond donors (Lipinski definition) is 0. The van der Waals surface area contributed by atoms with Crippen molar-refractivity contribution < 1.29 is 4.39 Å². The van der Waals surface area contributed by atoms with Crippen molar-refractivity contribution in [1.82, 2.24) is 24.2 Å². The van der Waals surface area contributed by atoms with Gasteiger partial charge in [0.2, 0.25) is 0 Å². The molecule has 28 heavy (non-hydrogen) atoms. The van der Waals surface area contributed by atoms with E-state index in [0.29, 0.717) is 6.04 Å². The smallest absolute Gasteiger partial charge is 0.123 e. The summed E-state index contributed by atoms with van der Waals surface area (Å²) in [6.07, 6.45) is 7.78. The van der Waals surface area contributed by atoms with E-state index in [-0.39, 0.29) is 5.82 Å². The lowest BCUT2D eigenvalue weighted by Gasteiger charge is -2.32. The molecule has 0 aliphatic carbocycles. The number of benzene rings is 1. The van der Waals surface area contributed by atoms with Crippen LogP contribution in [0.5, 0.6) is 0 Å². The molecule has 4 rings (SSSR count). The summed E-state index contributed by atoms with van der Waals surface area (Å²) in [6.45, 7) is 9.67. The van der Waals surface area contributed by atoms with E-state index in [2.05, 4.69) is 28.3 Å². The predicted octanol–water partition coefficient (Wildman–Crippen LogP) is 4.37. The van der Waals surface area contributed by atoms with E-state index in [0.717, 1.165) is 34.9 Å². The van der Waals surface area contributed by atoms with Crippen molar-refractivity contribution in [3.05, 3.63) is 54.0 Å². The largest absolute Gasteiger partial charge is 0.329 e. The first kappa shape index (κ1) is 18.9. The fraction of sp³-hybridized carbons (Fsp3) is 0.455. The first-order valence-corrected chi connectivity index (χ1v) is 10.1. The van der Waals surface area contributed by atoms with Gasteiger partial charge in [0.15, 0.2) is 0 Å². The molecule has 1 aliphatic rings. The quantitative estimate of drug-likeness (QED) is 0.659. The van der Waals surface area contributed by atoms with Gasteiger partial charge in [-0.05, 0) is 71.0 Å². The fourth-order valence-corrected chi connectivity index (χ4v) is 4.28. The van der Waals surface area contributed by atoms with Gasteiger partial charge in [-0.3, -0.25) is 4.90 Å². The van der Waals surface area contributed by atoms with Crippen molar-refractivity contribution in [2.24, 2.45) is 0 Å². The number of aryl methyl sites for hydroxylation is 1. The Hall–Kier alpha value is -2.47. The van der Waals surface area contributed by atoms with E-state index in [1.165, 1.54) is 44.5 Å². The fourth-order valence-electron chi connectivity index (χ4n) is 4.28. The molecule has 0 saturated carbocycles. The molecule has 148 valence electrons. The Balaban J connectivity index is 1.63. The van der Waals surface area contributed by atoms with E-state index in [1.54, 1.807) is 12.1 Å². The maximum Gasteiger partial charge on any atom is 0.123 e. The van der Waals surface area contributed by atoms with Gasteiger partial charge < -0.3 is 4.57 Å². The van der Waals surface area contributed by atoms with E-state index in [4.69, 9.17) is 5.10 Å². The summed E-state index contributed by atoms with van der Waals surface area (Å²) in [7, 11) is 0. The van der Waals surface area contributed by atoms with Crippen molar-refractivity contribution >= 4 is 0 Å². The zero-order valence-corrected chi connectivity index (χ0v) is 16.9. The highest BCUT2D eigenvalue weighted by Crippen LogP contribution is 2.29. The topological polar surface area (TPSA) is 38.9 Å². The molecule has 0 N–H and O–H groups in total. The first-order chi connectivity index (χ1) is 13.5. The normalized spacial score (nSPS) is 16.4. The number of likely N-dealkylation sites (tertiary alicyclic amines) is 1. The molecular weight excluding hydrogens is 353 g/mol. The van der Waals surface area contributed by atoms with Crippen LogP contribution in [0, 0.1) is 19.7 Å². The molecule has 0 radical (unpaired) electrons. The number of nitrogens with zero attached hydrogens (tertiary/aromatic N) is 5. The third-order valence-corrected chi connectivity index (χ3v) is 5.81. The van der Waals surface area contributed by atoms with Gasteiger partial charge in [-0.2, -0.15) is 5.10 Å². The Labute approximate surface area is 165 Å². The van der Waals surface area contributed by atoms with Gasteiger partial charge >= 0.3 is 0 Å². The monoisotopic (exact) mass is 381 g/mol. The SMILES string of the molecule is Cc1nn(-c2ccc(F)cc2)c(C)c1-c1cncn1CC(C)N1CCCCC1. The Morgan fingerprint density at radius 3 is 2.50 bits per heavy atom. The summed E-state index contributed by atoms with van der Waals surface area (Å²) >= 11 is 0. The van der Waals surface area contributed by atoms with E-state index in [9.17, 15) is 4.39 Å². The van der Waals surface area contributed by atoms with Crippen LogP contribution in [-0.2, 0) is 6.54 Å². The minimum atomic E-state index is -0.240. The van der Waals surface area contributed by atoms with Gasteiger partial charge in [-0.15, -0.1) is 0 Å². The van der Waals surface area contributed by atoms with Gasteiger partial charge in [0.25, 0.3) is 0 Å². The Morgan fingerprint density at radius 1 is 1.07 bits per heavy atom. The zero-order valence-electron chi connectivity index (χ0n) is 16.9. The third kappa shape index (κ3) is 3.61. The Kier molecular flexibility index (Phi) is 5.31. The van der Waals surface area contributed by atoms with Crippen LogP contribution in [-0.4, -0.2) is 43.4 Å². The molecule has 0 spiro atoms. The molecule has 6 heteroatoms. The highest BCUT2D eigenvalue weighted by atomic mass is 19.1. The average Bonchev–Trinajstić information content (AvgIpc) is 3.26. The van der Waals surface area contributed by atoms with E-state index < -0.39 is 0 Å². The molecule has 0 amide bonds. The summed E-state index contributed by atoms with van der Waals surface area (Å²) in [4.78, 5) is 7.01. The lowest BCUT2D eigenvalue weighted by atomic mass is 10.1. The van der Waals surface area contributed by atoms with Gasteiger partial charge in [-0.25, -0.2) is 14.1 Å². The van der Waals surface area contributed by atoms with Gasteiger partial charge in [-0.1, -0.05) is 6.42 Å². The van der Waals surface area contributed by atoms with Crippen LogP contribution in [0.2, 0.25) is 0 Å². The van der Waals surface area contributed by atoms with E-state index in [1.807, 2.05) is 24.1 Å². The van der Waals surface area contributed by atoms with Crippen molar-refractivity contribution in [3.8, 4) is 16.9 Å². The van der Waals surface area contributed by atoms with Crippen LogP contribution in [0.15, 0.2) is 36.8 Å². The molecule has 3 aromatic rings. The van der Waals surface area contributed by atoms with Crippen LogP contribution in [0.25, 0.3) is 16.9 Å². The van der Waals surface area contributed by atoms with Gasteiger partial charge in [0.05, 0.1) is 35.3 Å². The van der Waals surface area contributed by atoms with Crippen LogP contribution in [0.1, 0.15) is 37.6 Å². The average molecular weight is 381 g/mol. The number of piperidine rings is 1. The molecule has 2 aromatic heterocycles. The second-order valence-electron chi connectivity index (χ2n) is 7.81. The molecule has 3 heterocycles. The molecule has 1 unspecified atom stereocenters. The Bertz CT molecular complexity index is 934. The number of aromatic nitrogens is 4. The number of hydrogen-bond acceptors (Lipinski definition) is 3. The van der Waals surface area contributed by atoms with Crippen molar-refractivity contribution in [3.63, 3.8) is 0 Å². The summed E-state index contributed by atoms with van der Waals surface area (Å²) in [5, 5.41) is 4.72. The first-order valence-electron chi connectivity index (χ1n) is 10.1. The second kappa shape index (κ2) is 7.87. The minimum Gasteiger partial charge on any atom is -0.329 e. The molecule has 1 aromatic carbocycles. The highest BCUT2D eigenvalue weighted by Gasteiger charge is 2.21. The molecule has 1 aliphatic heterocycles. The van der Waals surface area contributed by atoms with Crippen LogP contribution in [0.3, 0.4) is 0 Å². The second-order valence-corrected chi connectivity index (χ2v) is 7.81. The number of imidazole rings is 1. The van der Waals surface area contributed by atoms with Crippen LogP contribution in [0.4, 0.5) is 4.39 Å². The molecule has 1 saturated heterocycles. The summed E-state index contributed by atoms with van der Waals surface area (Å²) in [5.41, 5.74) is 5.05. The van der Waals surface area contributed by atoms with Crippen LogP contribution >= 0.6 is 0 Å². The van der Waals surface area contributed by atoms with E-state index >= 15 is 0 Å². The lowest BCUT2D eigenvalue weighted by molar-refractivity contribution is 0.160.